The van der Waals surface area contributed by atoms with Crippen LogP contribution in [0.5, 0.6) is 5.88 Å². The van der Waals surface area contributed by atoms with Crippen molar-refractivity contribution in [1.82, 2.24) is 14.2 Å². The van der Waals surface area contributed by atoms with E-state index < -0.39 is 23.6 Å². The number of anilines is 1. The van der Waals surface area contributed by atoms with Gasteiger partial charge in [0.15, 0.2) is 0 Å². The predicted octanol–water partition coefficient (Wildman–Crippen LogP) is 2.97. The summed E-state index contributed by atoms with van der Waals surface area (Å²) >= 11 is 0.803. The molecule has 1 aromatic carbocycles. The van der Waals surface area contributed by atoms with E-state index in [0.717, 1.165) is 49.6 Å². The van der Waals surface area contributed by atoms with Crippen LogP contribution in [-0.2, 0) is 6.61 Å². The first kappa shape index (κ1) is 27.4. The zero-order chi connectivity index (χ0) is 25.3. The molecule has 34 heavy (non-hydrogen) atoms. The van der Waals surface area contributed by atoms with Gasteiger partial charge in [0.2, 0.25) is 5.88 Å². The number of hydrogen-bond donors (Lipinski definition) is 3. The molecule has 1 heterocycles. The van der Waals surface area contributed by atoms with Crippen LogP contribution in [-0.4, -0.2) is 71.1 Å². The number of aliphatic hydroxyl groups excluding tert-OH is 1. The van der Waals surface area contributed by atoms with E-state index in [-0.39, 0.29) is 40.8 Å². The summed E-state index contributed by atoms with van der Waals surface area (Å²) in [7, 11) is 1.62. The second kappa shape index (κ2) is 13.2. The molecule has 2 aromatic rings. The Morgan fingerprint density at radius 1 is 1.21 bits per heavy atom. The molecule has 0 aliphatic carbocycles. The standard InChI is InChI=1S/C22H31F2N5O4S/c1-4-29(9-10-30)8-6-5-7-28(3)22(32)26-21-18(19(25)31)20(27-34-21)33-13-15-12-16(23)14(2)11-17(15)24/h11-12,30H,4-10,13H2,1-3H3,(H2,25,31)(H,26,32). The number of amides is 3. The van der Waals surface area contributed by atoms with Gasteiger partial charge in [0.25, 0.3) is 5.91 Å². The summed E-state index contributed by atoms with van der Waals surface area (Å²) in [6.45, 7) is 5.96. The Balaban J connectivity index is 1.96. The van der Waals surface area contributed by atoms with Gasteiger partial charge < -0.3 is 25.4 Å². The van der Waals surface area contributed by atoms with Crippen molar-refractivity contribution in [2.45, 2.75) is 33.3 Å². The van der Waals surface area contributed by atoms with Crippen molar-refractivity contribution in [1.29, 1.82) is 0 Å². The largest absolute Gasteiger partial charge is 0.471 e. The second-order valence-corrected chi connectivity index (χ2v) is 8.53. The van der Waals surface area contributed by atoms with Crippen LogP contribution in [0.3, 0.4) is 0 Å². The maximum atomic E-state index is 14.1. The first-order valence-electron chi connectivity index (χ1n) is 10.9. The number of aromatic nitrogens is 1. The number of likely N-dealkylation sites (N-methyl/N-ethyl adjacent to an activating group) is 1. The molecule has 0 atom stereocenters. The highest BCUT2D eigenvalue weighted by Gasteiger charge is 2.23. The summed E-state index contributed by atoms with van der Waals surface area (Å²) in [6.07, 6.45) is 1.61. The molecule has 9 nitrogen and oxygen atoms in total. The molecule has 188 valence electrons. The van der Waals surface area contributed by atoms with Gasteiger partial charge in [-0.3, -0.25) is 10.1 Å². The SMILES string of the molecule is CCN(CCO)CCCCN(C)C(=O)Nc1snc(OCc2cc(F)c(C)cc2F)c1C(N)=O. The van der Waals surface area contributed by atoms with Gasteiger partial charge >= 0.3 is 6.03 Å². The molecule has 1 aromatic heterocycles. The lowest BCUT2D eigenvalue weighted by molar-refractivity contribution is 0.0996. The number of unbranched alkanes of at least 4 members (excludes halogenated alkanes) is 1. The predicted molar refractivity (Wildman–Crippen MR) is 126 cm³/mol. The second-order valence-electron chi connectivity index (χ2n) is 7.75. The van der Waals surface area contributed by atoms with Gasteiger partial charge in [0.05, 0.1) is 6.61 Å². The van der Waals surface area contributed by atoms with Gasteiger partial charge in [-0.1, -0.05) is 6.92 Å². The quantitative estimate of drug-likeness (QED) is 0.365. The van der Waals surface area contributed by atoms with Gasteiger partial charge in [-0.2, -0.15) is 4.37 Å². The Kier molecular flexibility index (Phi) is 10.6. The highest BCUT2D eigenvalue weighted by molar-refractivity contribution is 7.11. The van der Waals surface area contributed by atoms with Crippen molar-refractivity contribution in [3.8, 4) is 5.88 Å². The van der Waals surface area contributed by atoms with Crippen LogP contribution in [0.15, 0.2) is 12.1 Å². The van der Waals surface area contributed by atoms with Crippen LogP contribution in [0, 0.1) is 18.6 Å². The topological polar surface area (TPSA) is 121 Å². The average Bonchev–Trinajstić information content (AvgIpc) is 3.19. The third-order valence-corrected chi connectivity index (χ3v) is 5.99. The minimum Gasteiger partial charge on any atom is -0.471 e. The number of nitrogens with two attached hydrogens (primary N) is 1. The molecule has 0 fully saturated rings. The number of aliphatic hydroxyl groups is 1. The van der Waals surface area contributed by atoms with Crippen LogP contribution >= 0.6 is 11.5 Å². The summed E-state index contributed by atoms with van der Waals surface area (Å²) in [4.78, 5) is 28.1. The molecule has 0 aliphatic heterocycles. The molecule has 0 spiro atoms. The van der Waals surface area contributed by atoms with E-state index in [1.807, 2.05) is 6.92 Å². The van der Waals surface area contributed by atoms with Crippen molar-refractivity contribution >= 4 is 28.5 Å². The smallest absolute Gasteiger partial charge is 0.322 e. The lowest BCUT2D eigenvalue weighted by atomic mass is 10.1. The van der Waals surface area contributed by atoms with E-state index in [9.17, 15) is 18.4 Å². The van der Waals surface area contributed by atoms with Crippen LogP contribution in [0.4, 0.5) is 18.6 Å². The van der Waals surface area contributed by atoms with E-state index in [1.165, 1.54) is 11.8 Å². The summed E-state index contributed by atoms with van der Waals surface area (Å²) in [5, 5.41) is 11.7. The fraction of sp³-hybridized carbons (Fsp3) is 0.500. The van der Waals surface area contributed by atoms with Gasteiger partial charge in [0, 0.05) is 25.7 Å². The summed E-state index contributed by atoms with van der Waals surface area (Å²) in [6, 6.07) is 1.62. The zero-order valence-corrected chi connectivity index (χ0v) is 20.4. The Morgan fingerprint density at radius 3 is 2.56 bits per heavy atom. The molecule has 12 heteroatoms. The molecule has 0 unspecified atom stereocenters. The van der Waals surface area contributed by atoms with Crippen molar-refractivity contribution in [3.05, 3.63) is 40.5 Å². The molecule has 2 rings (SSSR count). The highest BCUT2D eigenvalue weighted by Crippen LogP contribution is 2.31. The maximum absolute atomic E-state index is 14.1. The third-order valence-electron chi connectivity index (χ3n) is 5.25. The third kappa shape index (κ3) is 7.61. The monoisotopic (exact) mass is 499 g/mol. The minimum absolute atomic E-state index is 0.0440. The van der Waals surface area contributed by atoms with E-state index in [1.54, 1.807) is 7.05 Å². The number of urea groups is 1. The van der Waals surface area contributed by atoms with Crippen molar-refractivity contribution in [3.63, 3.8) is 0 Å². The number of nitrogens with zero attached hydrogens (tertiary/aromatic N) is 3. The maximum Gasteiger partial charge on any atom is 0.322 e. The lowest BCUT2D eigenvalue weighted by Crippen LogP contribution is -2.33. The number of carbonyl (C=O) groups is 2. The number of aryl methyl sites for hydroxylation is 1. The molecule has 0 bridgehead atoms. The number of primary amides is 1. The van der Waals surface area contributed by atoms with E-state index >= 15 is 0 Å². The molecule has 4 N–H and O–H groups in total. The Bertz CT molecular complexity index is 988. The van der Waals surface area contributed by atoms with Crippen molar-refractivity contribution in [2.75, 3.05) is 45.2 Å². The molecular weight excluding hydrogens is 468 g/mol. The molecule has 0 aliphatic rings. The number of benzene rings is 1. The number of carbonyl (C=O) groups excluding carboxylic acids is 2. The average molecular weight is 500 g/mol. The van der Waals surface area contributed by atoms with Gasteiger partial charge in [-0.25, -0.2) is 13.6 Å². The summed E-state index contributed by atoms with van der Waals surface area (Å²) in [5.41, 5.74) is 5.43. The van der Waals surface area contributed by atoms with Crippen molar-refractivity contribution in [2.24, 2.45) is 5.73 Å². The lowest BCUT2D eigenvalue weighted by Gasteiger charge is -2.21. The van der Waals surface area contributed by atoms with E-state index in [0.29, 0.717) is 13.1 Å². The summed E-state index contributed by atoms with van der Waals surface area (Å²) < 4.78 is 37.2. The molecule has 0 saturated carbocycles. The van der Waals surface area contributed by atoms with Gasteiger partial charge in [0.1, 0.15) is 28.8 Å². The highest BCUT2D eigenvalue weighted by atomic mass is 32.1. The Labute approximate surface area is 201 Å². The number of nitrogens with one attached hydrogen (secondary N) is 1. The number of halogens is 2. The first-order valence-corrected chi connectivity index (χ1v) is 11.7. The van der Waals surface area contributed by atoms with Gasteiger partial charge in [-0.05, 0) is 62.1 Å². The van der Waals surface area contributed by atoms with Crippen LogP contribution in [0.2, 0.25) is 0 Å². The van der Waals surface area contributed by atoms with Crippen LogP contribution in [0.25, 0.3) is 0 Å². The van der Waals surface area contributed by atoms with Crippen molar-refractivity contribution < 1.29 is 28.2 Å². The first-order chi connectivity index (χ1) is 16.2. The van der Waals surface area contributed by atoms with Gasteiger partial charge in [-0.15, -0.1) is 0 Å². The molecule has 0 saturated heterocycles. The van der Waals surface area contributed by atoms with E-state index in [4.69, 9.17) is 15.6 Å². The number of ether oxygens (including phenoxy) is 1. The number of rotatable bonds is 13. The summed E-state index contributed by atoms with van der Waals surface area (Å²) in [5.74, 6) is -2.27. The molecular formula is C22H31F2N5O4S. The fourth-order valence-electron chi connectivity index (χ4n) is 3.17. The number of hydrogen-bond acceptors (Lipinski definition) is 7. The Morgan fingerprint density at radius 2 is 1.91 bits per heavy atom. The molecule has 3 amide bonds. The normalized spacial score (nSPS) is 11.0. The van der Waals surface area contributed by atoms with Crippen LogP contribution < -0.4 is 15.8 Å². The van der Waals surface area contributed by atoms with Crippen LogP contribution in [0.1, 0.15) is 41.3 Å². The minimum atomic E-state index is -0.874. The molecule has 0 radical (unpaired) electrons. The Hall–Kier alpha value is -2.83. The zero-order valence-electron chi connectivity index (χ0n) is 19.6. The van der Waals surface area contributed by atoms with E-state index in [2.05, 4.69) is 14.6 Å². The fourth-order valence-corrected chi connectivity index (χ4v) is 3.90.